The van der Waals surface area contributed by atoms with Crippen LogP contribution in [0.1, 0.15) is 50.6 Å². The highest BCUT2D eigenvalue weighted by atomic mass is 16.5. The molecule has 3 aromatic carbocycles. The zero-order valence-corrected chi connectivity index (χ0v) is 19.3. The summed E-state index contributed by atoms with van der Waals surface area (Å²) >= 11 is 0. The van der Waals surface area contributed by atoms with Gasteiger partial charge in [0.1, 0.15) is 0 Å². The topological polar surface area (TPSA) is 73.2 Å². The Morgan fingerprint density at radius 2 is 1.59 bits per heavy atom. The van der Waals surface area contributed by atoms with E-state index >= 15 is 0 Å². The third-order valence-corrected chi connectivity index (χ3v) is 5.54. The molecule has 172 valence electrons. The van der Waals surface area contributed by atoms with Gasteiger partial charge in [0.2, 0.25) is 0 Å². The van der Waals surface area contributed by atoms with Crippen LogP contribution >= 0.6 is 0 Å². The lowest BCUT2D eigenvalue weighted by atomic mass is 9.98. The number of benzene rings is 3. The Hall–Kier alpha value is -4.19. The first kappa shape index (κ1) is 23.0. The first-order valence-electron chi connectivity index (χ1n) is 11.3. The maximum absolute atomic E-state index is 13.1. The monoisotopic (exact) mass is 453 g/mol. The number of ether oxygens (including phenoxy) is 1. The van der Waals surface area contributed by atoms with Crippen molar-refractivity contribution in [1.82, 2.24) is 15.1 Å². The van der Waals surface area contributed by atoms with Crippen molar-refractivity contribution in [3.63, 3.8) is 0 Å². The quantitative estimate of drug-likeness (QED) is 0.378. The van der Waals surface area contributed by atoms with E-state index in [-0.39, 0.29) is 17.6 Å². The van der Waals surface area contributed by atoms with Gasteiger partial charge in [0.25, 0.3) is 5.91 Å². The summed E-state index contributed by atoms with van der Waals surface area (Å²) < 4.78 is 6.69. The van der Waals surface area contributed by atoms with Gasteiger partial charge in [-0.3, -0.25) is 4.79 Å². The lowest BCUT2D eigenvalue weighted by Gasteiger charge is -2.20. The maximum atomic E-state index is 13.1. The Morgan fingerprint density at radius 3 is 2.24 bits per heavy atom. The van der Waals surface area contributed by atoms with Crippen LogP contribution < -0.4 is 5.32 Å². The van der Waals surface area contributed by atoms with Gasteiger partial charge in [-0.05, 0) is 61.7 Å². The van der Waals surface area contributed by atoms with Crippen molar-refractivity contribution in [3.8, 4) is 5.69 Å². The number of esters is 1. The summed E-state index contributed by atoms with van der Waals surface area (Å²) in [6.07, 6.45) is 0.692. The highest BCUT2D eigenvalue weighted by molar-refractivity contribution is 5.94. The van der Waals surface area contributed by atoms with Crippen molar-refractivity contribution in [1.29, 1.82) is 0 Å². The van der Waals surface area contributed by atoms with Crippen LogP contribution in [0, 0.1) is 6.92 Å². The molecule has 0 saturated carbocycles. The fourth-order valence-electron chi connectivity index (χ4n) is 3.82. The summed E-state index contributed by atoms with van der Waals surface area (Å²) in [5.41, 5.74) is 4.57. The van der Waals surface area contributed by atoms with Gasteiger partial charge in [-0.1, -0.05) is 60.7 Å². The molecule has 0 bridgehead atoms. The molecule has 0 aliphatic rings. The molecule has 0 saturated heterocycles. The summed E-state index contributed by atoms with van der Waals surface area (Å²) in [4.78, 5) is 25.1. The molecule has 0 fully saturated rings. The van der Waals surface area contributed by atoms with Gasteiger partial charge in [0, 0.05) is 11.3 Å². The molecule has 1 amide bonds. The molecule has 0 unspecified atom stereocenters. The van der Waals surface area contributed by atoms with E-state index in [1.54, 1.807) is 29.8 Å². The van der Waals surface area contributed by atoms with E-state index in [4.69, 9.17) is 4.74 Å². The summed E-state index contributed by atoms with van der Waals surface area (Å²) in [6, 6.07) is 28.8. The van der Waals surface area contributed by atoms with Gasteiger partial charge < -0.3 is 10.1 Å². The summed E-state index contributed by atoms with van der Waals surface area (Å²) in [5.74, 6) is -0.605. The van der Waals surface area contributed by atoms with Crippen molar-refractivity contribution in [2.45, 2.75) is 26.3 Å². The lowest BCUT2D eigenvalue weighted by molar-refractivity contribution is 0.0518. The predicted molar refractivity (Wildman–Crippen MR) is 131 cm³/mol. The molecule has 6 heteroatoms. The maximum Gasteiger partial charge on any atom is 0.358 e. The molecular formula is C28H27N3O3. The van der Waals surface area contributed by atoms with Crippen molar-refractivity contribution in [2.24, 2.45) is 0 Å². The Bertz CT molecular complexity index is 1250. The fourth-order valence-corrected chi connectivity index (χ4v) is 3.82. The van der Waals surface area contributed by atoms with Gasteiger partial charge in [0.15, 0.2) is 5.69 Å². The summed E-state index contributed by atoms with van der Waals surface area (Å²) in [7, 11) is 0. The SMILES string of the molecule is CCOC(=O)c1cc(C)n(-c2ccc(C(=O)N[C@H](Cc3ccccc3)c3ccccc3)cc2)n1. The van der Waals surface area contributed by atoms with E-state index in [1.807, 2.05) is 67.6 Å². The molecular weight excluding hydrogens is 426 g/mol. The van der Waals surface area contributed by atoms with Crippen LogP contribution in [0.4, 0.5) is 0 Å². The molecule has 0 aliphatic heterocycles. The second-order valence-corrected chi connectivity index (χ2v) is 7.98. The highest BCUT2D eigenvalue weighted by Crippen LogP contribution is 2.20. The van der Waals surface area contributed by atoms with E-state index in [0.29, 0.717) is 18.6 Å². The minimum Gasteiger partial charge on any atom is -0.461 e. The molecule has 1 N–H and O–H groups in total. The number of aryl methyl sites for hydroxylation is 1. The number of carbonyl (C=O) groups excluding carboxylic acids is 2. The first-order valence-corrected chi connectivity index (χ1v) is 11.3. The molecule has 0 radical (unpaired) electrons. The Balaban J connectivity index is 1.52. The second kappa shape index (κ2) is 10.6. The average molecular weight is 454 g/mol. The van der Waals surface area contributed by atoms with Gasteiger partial charge in [0.05, 0.1) is 18.3 Å². The number of nitrogens with zero attached hydrogens (tertiary/aromatic N) is 2. The van der Waals surface area contributed by atoms with Crippen LogP contribution in [0.3, 0.4) is 0 Å². The third kappa shape index (κ3) is 5.41. The summed E-state index contributed by atoms with van der Waals surface area (Å²) in [6.45, 7) is 3.92. The molecule has 4 aromatic rings. The molecule has 6 nitrogen and oxygen atoms in total. The number of carbonyl (C=O) groups is 2. The third-order valence-electron chi connectivity index (χ3n) is 5.54. The van der Waals surface area contributed by atoms with E-state index in [0.717, 1.165) is 22.5 Å². The van der Waals surface area contributed by atoms with Crippen molar-refractivity contribution >= 4 is 11.9 Å². The van der Waals surface area contributed by atoms with Crippen LogP contribution in [0.25, 0.3) is 5.69 Å². The molecule has 0 aliphatic carbocycles. The zero-order valence-electron chi connectivity index (χ0n) is 19.3. The van der Waals surface area contributed by atoms with Gasteiger partial charge in [-0.15, -0.1) is 0 Å². The Kier molecular flexibility index (Phi) is 7.18. The van der Waals surface area contributed by atoms with E-state index in [9.17, 15) is 9.59 Å². The normalized spacial score (nSPS) is 11.6. The first-order chi connectivity index (χ1) is 16.5. The predicted octanol–water partition coefficient (Wildman–Crippen LogP) is 5.07. The Morgan fingerprint density at radius 1 is 0.941 bits per heavy atom. The number of hydrogen-bond acceptors (Lipinski definition) is 4. The van der Waals surface area contributed by atoms with Gasteiger partial charge >= 0.3 is 5.97 Å². The number of amides is 1. The smallest absolute Gasteiger partial charge is 0.358 e. The standard InChI is InChI=1S/C28H27N3O3/c1-3-34-28(33)26-18-20(2)31(30-26)24-16-14-23(15-17-24)27(32)29-25(22-12-8-5-9-13-22)19-21-10-6-4-7-11-21/h4-18,25H,3,19H2,1-2H3,(H,29,32)/t25-/m1/s1. The van der Waals surface area contributed by atoms with Crippen molar-refractivity contribution in [3.05, 3.63) is 119 Å². The average Bonchev–Trinajstić information content (AvgIpc) is 3.27. The van der Waals surface area contributed by atoms with Crippen molar-refractivity contribution in [2.75, 3.05) is 6.61 Å². The van der Waals surface area contributed by atoms with Crippen LogP contribution in [0.5, 0.6) is 0 Å². The van der Waals surface area contributed by atoms with Crippen molar-refractivity contribution < 1.29 is 14.3 Å². The summed E-state index contributed by atoms with van der Waals surface area (Å²) in [5, 5.41) is 7.53. The number of hydrogen-bond donors (Lipinski definition) is 1. The molecule has 34 heavy (non-hydrogen) atoms. The largest absolute Gasteiger partial charge is 0.461 e. The fraction of sp³-hybridized carbons (Fsp3) is 0.179. The van der Waals surface area contributed by atoms with E-state index < -0.39 is 5.97 Å². The van der Waals surface area contributed by atoms with E-state index in [1.165, 1.54) is 0 Å². The highest BCUT2D eigenvalue weighted by Gasteiger charge is 2.18. The lowest BCUT2D eigenvalue weighted by Crippen LogP contribution is -2.30. The molecule has 1 heterocycles. The van der Waals surface area contributed by atoms with Gasteiger partial charge in [-0.25, -0.2) is 9.48 Å². The van der Waals surface area contributed by atoms with Crippen LogP contribution in [-0.4, -0.2) is 28.3 Å². The number of aromatic nitrogens is 2. The van der Waals surface area contributed by atoms with Gasteiger partial charge in [-0.2, -0.15) is 5.10 Å². The molecule has 0 spiro atoms. The minimum absolute atomic E-state index is 0.152. The zero-order chi connectivity index (χ0) is 23.9. The van der Waals surface area contributed by atoms with Crippen LogP contribution in [0.2, 0.25) is 0 Å². The second-order valence-electron chi connectivity index (χ2n) is 7.98. The molecule has 1 atom stereocenters. The van der Waals surface area contributed by atoms with Crippen LogP contribution in [0.15, 0.2) is 91.0 Å². The molecule has 4 rings (SSSR count). The number of rotatable bonds is 8. The number of nitrogens with one attached hydrogen (secondary N) is 1. The Labute approximate surface area is 199 Å². The van der Waals surface area contributed by atoms with E-state index in [2.05, 4.69) is 22.5 Å². The minimum atomic E-state index is -0.453. The molecule has 1 aromatic heterocycles. The van der Waals surface area contributed by atoms with Crippen LogP contribution in [-0.2, 0) is 11.2 Å².